The lowest BCUT2D eigenvalue weighted by Gasteiger charge is -2.15. The Kier molecular flexibility index (Phi) is 2.07. The molecular weight excluding hydrogens is 194 g/mol. The maximum atomic E-state index is 11.5. The minimum Gasteiger partial charge on any atom is -0.508 e. The van der Waals surface area contributed by atoms with Crippen LogP contribution in [-0.4, -0.2) is 23.3 Å². The lowest BCUT2D eigenvalue weighted by molar-refractivity contribution is 0.0871. The Hall–Kier alpha value is -1.71. The van der Waals surface area contributed by atoms with Crippen molar-refractivity contribution in [2.24, 2.45) is 0 Å². The fourth-order valence-corrected chi connectivity index (χ4v) is 1.63. The molecule has 0 atom stereocenters. The van der Waals surface area contributed by atoms with Crippen molar-refractivity contribution in [1.29, 1.82) is 0 Å². The van der Waals surface area contributed by atoms with Gasteiger partial charge in [0.15, 0.2) is 0 Å². The number of carbonyl (C=O) groups excluding carboxylic acids is 1. The number of nitrogens with zero attached hydrogens (tertiary/aromatic N) is 1. The summed E-state index contributed by atoms with van der Waals surface area (Å²) in [5.74, 6) is 0.144. The third-order valence-corrected chi connectivity index (χ3v) is 2.26. The predicted molar refractivity (Wildman–Crippen MR) is 56.0 cm³/mol. The summed E-state index contributed by atoms with van der Waals surface area (Å²) in [7, 11) is 0. The molecule has 80 valence electrons. The molecule has 4 heteroatoms. The van der Waals surface area contributed by atoms with E-state index in [-0.39, 0.29) is 11.8 Å². The summed E-state index contributed by atoms with van der Waals surface area (Å²) < 4.78 is 5.16. The van der Waals surface area contributed by atoms with Crippen LogP contribution in [0.15, 0.2) is 24.3 Å². The van der Waals surface area contributed by atoms with Gasteiger partial charge in [-0.25, -0.2) is 4.79 Å². The number of cyclic esters (lactones) is 1. The topological polar surface area (TPSA) is 49.8 Å². The Morgan fingerprint density at radius 1 is 1.47 bits per heavy atom. The van der Waals surface area contributed by atoms with Gasteiger partial charge < -0.3 is 9.84 Å². The van der Waals surface area contributed by atoms with Gasteiger partial charge in [0.05, 0.1) is 12.2 Å². The molecule has 1 N–H and O–H groups in total. The van der Waals surface area contributed by atoms with Gasteiger partial charge in [-0.15, -0.1) is 0 Å². The summed E-state index contributed by atoms with van der Waals surface area (Å²) in [5, 5.41) is 9.31. The van der Waals surface area contributed by atoms with Crippen LogP contribution in [0.4, 0.5) is 10.5 Å². The van der Waals surface area contributed by atoms with Gasteiger partial charge in [0.25, 0.3) is 0 Å². The predicted octanol–water partition coefficient (Wildman–Crippen LogP) is 2.13. The van der Waals surface area contributed by atoms with E-state index in [2.05, 4.69) is 0 Å². The fraction of sp³-hybridized carbons (Fsp3) is 0.364. The summed E-state index contributed by atoms with van der Waals surface area (Å²) in [6.45, 7) is 4.21. The molecule has 1 aliphatic heterocycles. The SMILES string of the molecule is CC1(C)CN(c2cccc(O)c2)C(=O)O1. The fourth-order valence-electron chi connectivity index (χ4n) is 1.63. The van der Waals surface area contributed by atoms with Gasteiger partial charge in [0.2, 0.25) is 0 Å². The van der Waals surface area contributed by atoms with E-state index < -0.39 is 5.60 Å². The first-order chi connectivity index (χ1) is 6.98. The van der Waals surface area contributed by atoms with Gasteiger partial charge in [-0.2, -0.15) is 0 Å². The number of aromatic hydroxyl groups is 1. The maximum absolute atomic E-state index is 11.5. The van der Waals surface area contributed by atoms with Gasteiger partial charge >= 0.3 is 6.09 Å². The van der Waals surface area contributed by atoms with Crippen LogP contribution in [0.3, 0.4) is 0 Å². The van der Waals surface area contributed by atoms with Crippen LogP contribution in [0.25, 0.3) is 0 Å². The van der Waals surface area contributed by atoms with Crippen LogP contribution in [0.2, 0.25) is 0 Å². The molecule has 1 fully saturated rings. The first-order valence-electron chi connectivity index (χ1n) is 4.77. The third-order valence-electron chi connectivity index (χ3n) is 2.26. The average Bonchev–Trinajstić information content (AvgIpc) is 2.40. The average molecular weight is 207 g/mol. The van der Waals surface area contributed by atoms with Crippen molar-refractivity contribution in [3.05, 3.63) is 24.3 Å². The van der Waals surface area contributed by atoms with E-state index in [9.17, 15) is 9.90 Å². The normalized spacial score (nSPS) is 19.1. The molecule has 1 aromatic carbocycles. The number of amides is 1. The quantitative estimate of drug-likeness (QED) is 0.767. The Morgan fingerprint density at radius 2 is 2.20 bits per heavy atom. The molecule has 1 aliphatic rings. The molecule has 15 heavy (non-hydrogen) atoms. The molecule has 0 bridgehead atoms. The summed E-state index contributed by atoms with van der Waals surface area (Å²) in [6.07, 6.45) is -0.370. The number of ether oxygens (including phenoxy) is 1. The summed E-state index contributed by atoms with van der Waals surface area (Å²) in [5.41, 5.74) is 0.188. The summed E-state index contributed by atoms with van der Waals surface area (Å²) in [6, 6.07) is 6.57. The zero-order valence-corrected chi connectivity index (χ0v) is 8.73. The van der Waals surface area contributed by atoms with Crippen LogP contribution in [0, 0.1) is 0 Å². The summed E-state index contributed by atoms with van der Waals surface area (Å²) >= 11 is 0. The molecule has 0 spiro atoms. The number of anilines is 1. The minimum atomic E-state index is -0.470. The second-order valence-corrected chi connectivity index (χ2v) is 4.23. The molecule has 0 saturated carbocycles. The molecule has 1 heterocycles. The highest BCUT2D eigenvalue weighted by molar-refractivity contribution is 5.90. The van der Waals surface area contributed by atoms with Crippen molar-refractivity contribution in [3.8, 4) is 5.75 Å². The van der Waals surface area contributed by atoms with Gasteiger partial charge in [-0.3, -0.25) is 4.90 Å². The van der Waals surface area contributed by atoms with Gasteiger partial charge in [0.1, 0.15) is 11.4 Å². The lowest BCUT2D eigenvalue weighted by atomic mass is 10.1. The highest BCUT2D eigenvalue weighted by Gasteiger charge is 2.38. The number of hydrogen-bond donors (Lipinski definition) is 1. The molecule has 1 saturated heterocycles. The van der Waals surface area contributed by atoms with Crippen molar-refractivity contribution in [2.75, 3.05) is 11.4 Å². The number of carbonyl (C=O) groups is 1. The minimum absolute atomic E-state index is 0.144. The van der Waals surface area contributed by atoms with E-state index in [0.717, 1.165) is 0 Å². The largest absolute Gasteiger partial charge is 0.508 e. The molecule has 0 radical (unpaired) electrons. The Balaban J connectivity index is 2.29. The van der Waals surface area contributed by atoms with E-state index >= 15 is 0 Å². The monoisotopic (exact) mass is 207 g/mol. The zero-order chi connectivity index (χ0) is 11.1. The van der Waals surface area contributed by atoms with E-state index in [1.807, 2.05) is 13.8 Å². The molecule has 0 unspecified atom stereocenters. The number of phenols is 1. The van der Waals surface area contributed by atoms with Gasteiger partial charge in [-0.1, -0.05) is 6.07 Å². The van der Waals surface area contributed by atoms with E-state index in [0.29, 0.717) is 12.2 Å². The first-order valence-corrected chi connectivity index (χ1v) is 4.77. The zero-order valence-electron chi connectivity index (χ0n) is 8.73. The maximum Gasteiger partial charge on any atom is 0.415 e. The van der Waals surface area contributed by atoms with E-state index in [4.69, 9.17) is 4.74 Å². The number of rotatable bonds is 1. The number of hydrogen-bond acceptors (Lipinski definition) is 3. The van der Waals surface area contributed by atoms with E-state index in [1.165, 1.54) is 4.90 Å². The summed E-state index contributed by atoms with van der Waals surface area (Å²) in [4.78, 5) is 13.0. The van der Waals surface area contributed by atoms with Crippen molar-refractivity contribution < 1.29 is 14.6 Å². The Labute approximate surface area is 88.1 Å². The molecule has 1 aromatic rings. The smallest absolute Gasteiger partial charge is 0.415 e. The Bertz CT molecular complexity index is 401. The second kappa shape index (κ2) is 3.15. The van der Waals surface area contributed by atoms with Crippen molar-refractivity contribution in [1.82, 2.24) is 0 Å². The molecular formula is C11H13NO3. The lowest BCUT2D eigenvalue weighted by Crippen LogP contribution is -2.28. The van der Waals surface area contributed by atoms with Crippen molar-refractivity contribution >= 4 is 11.8 Å². The molecule has 1 amide bonds. The second-order valence-electron chi connectivity index (χ2n) is 4.23. The molecule has 0 aromatic heterocycles. The molecule has 2 rings (SSSR count). The number of phenolic OH excluding ortho intramolecular Hbond substituents is 1. The van der Waals surface area contributed by atoms with E-state index in [1.54, 1.807) is 24.3 Å². The number of benzene rings is 1. The first kappa shape index (κ1) is 9.83. The van der Waals surface area contributed by atoms with Crippen LogP contribution in [0.5, 0.6) is 5.75 Å². The standard InChI is InChI=1S/C11H13NO3/c1-11(2)7-12(10(14)15-11)8-4-3-5-9(13)6-8/h3-6,13H,7H2,1-2H3. The Morgan fingerprint density at radius 3 is 2.73 bits per heavy atom. The van der Waals surface area contributed by atoms with Crippen molar-refractivity contribution in [3.63, 3.8) is 0 Å². The van der Waals surface area contributed by atoms with Crippen LogP contribution < -0.4 is 4.90 Å². The highest BCUT2D eigenvalue weighted by atomic mass is 16.6. The van der Waals surface area contributed by atoms with Gasteiger partial charge in [0, 0.05) is 6.07 Å². The molecule has 0 aliphatic carbocycles. The molecule has 4 nitrogen and oxygen atoms in total. The highest BCUT2D eigenvalue weighted by Crippen LogP contribution is 2.29. The van der Waals surface area contributed by atoms with Gasteiger partial charge in [-0.05, 0) is 26.0 Å². The van der Waals surface area contributed by atoms with Crippen LogP contribution in [0.1, 0.15) is 13.8 Å². The van der Waals surface area contributed by atoms with Crippen LogP contribution in [-0.2, 0) is 4.74 Å². The van der Waals surface area contributed by atoms with Crippen molar-refractivity contribution in [2.45, 2.75) is 19.4 Å². The third kappa shape index (κ3) is 1.88. The van der Waals surface area contributed by atoms with Crippen LogP contribution >= 0.6 is 0 Å².